The lowest BCUT2D eigenvalue weighted by molar-refractivity contribution is -0.118. The van der Waals surface area contributed by atoms with Crippen LogP contribution in [0.5, 0.6) is 0 Å². The van der Waals surface area contributed by atoms with Gasteiger partial charge in [-0.15, -0.1) is 0 Å². The van der Waals surface area contributed by atoms with Crippen LogP contribution >= 0.6 is 0 Å². The van der Waals surface area contributed by atoms with E-state index in [9.17, 15) is 4.79 Å². The van der Waals surface area contributed by atoms with Gasteiger partial charge in [0.15, 0.2) is 0 Å². The predicted octanol–water partition coefficient (Wildman–Crippen LogP) is 2.25. The number of carbonyl (C=O) groups excluding carboxylic acids is 1. The van der Waals surface area contributed by atoms with Crippen molar-refractivity contribution in [1.82, 2.24) is 0 Å². The van der Waals surface area contributed by atoms with Crippen molar-refractivity contribution in [3.05, 3.63) is 30.3 Å². The van der Waals surface area contributed by atoms with E-state index < -0.39 is 0 Å². The Kier molecular flexibility index (Phi) is 3.50. The van der Waals surface area contributed by atoms with Crippen molar-refractivity contribution in [3.8, 4) is 0 Å². The van der Waals surface area contributed by atoms with Crippen LogP contribution in [-0.4, -0.2) is 12.5 Å². The van der Waals surface area contributed by atoms with Gasteiger partial charge in [-0.2, -0.15) is 0 Å². The summed E-state index contributed by atoms with van der Waals surface area (Å²) < 4.78 is 0. The molecule has 0 aliphatic rings. The molecule has 0 unspecified atom stereocenters. The van der Waals surface area contributed by atoms with E-state index in [1.54, 1.807) is 4.90 Å². The molecule has 0 aromatic heterocycles. The van der Waals surface area contributed by atoms with Crippen LogP contribution in [0.1, 0.15) is 20.3 Å². The molecule has 0 aliphatic heterocycles. The maximum atomic E-state index is 11.4. The van der Waals surface area contributed by atoms with Crippen molar-refractivity contribution in [2.45, 2.75) is 20.3 Å². The molecular formula is C11H14NO. The first-order valence-corrected chi connectivity index (χ1v) is 4.56. The zero-order valence-corrected chi connectivity index (χ0v) is 8.08. The standard InChI is InChI=1S/C11H14NO/c1-3-11(13)12(4-2)10-8-6-5-7-9-10/h5-8H,3-4H2,1-2H3. The maximum absolute atomic E-state index is 11.4. The van der Waals surface area contributed by atoms with Crippen molar-refractivity contribution >= 4 is 11.6 Å². The Morgan fingerprint density at radius 2 is 2.23 bits per heavy atom. The average molecular weight is 176 g/mol. The Balaban J connectivity index is 2.85. The van der Waals surface area contributed by atoms with Gasteiger partial charge in [0.05, 0.1) is 5.69 Å². The summed E-state index contributed by atoms with van der Waals surface area (Å²) in [7, 11) is 0. The molecule has 1 amide bonds. The van der Waals surface area contributed by atoms with Crippen molar-refractivity contribution in [1.29, 1.82) is 0 Å². The zero-order valence-electron chi connectivity index (χ0n) is 8.08. The Labute approximate surface area is 79.2 Å². The number of benzene rings is 1. The van der Waals surface area contributed by atoms with E-state index in [2.05, 4.69) is 6.07 Å². The summed E-state index contributed by atoms with van der Waals surface area (Å²) in [4.78, 5) is 13.2. The summed E-state index contributed by atoms with van der Waals surface area (Å²) in [6.07, 6.45) is 0.538. The van der Waals surface area contributed by atoms with Crippen LogP contribution in [0.15, 0.2) is 24.3 Å². The normalized spacial score (nSPS) is 9.69. The SMILES string of the molecule is CCC(=O)N(CC)c1[c]cccc1. The molecule has 0 N–H and O–H groups in total. The highest BCUT2D eigenvalue weighted by molar-refractivity contribution is 5.92. The molecule has 0 aliphatic carbocycles. The minimum Gasteiger partial charge on any atom is -0.312 e. The first-order valence-electron chi connectivity index (χ1n) is 4.56. The first-order chi connectivity index (χ1) is 6.29. The number of amides is 1. The van der Waals surface area contributed by atoms with Crippen LogP contribution in [0.3, 0.4) is 0 Å². The lowest BCUT2D eigenvalue weighted by atomic mass is 10.2. The minimum atomic E-state index is 0.143. The van der Waals surface area contributed by atoms with Crippen LogP contribution in [0.25, 0.3) is 0 Å². The molecule has 0 bridgehead atoms. The average Bonchev–Trinajstić information content (AvgIpc) is 2.20. The van der Waals surface area contributed by atoms with Crippen molar-refractivity contribution in [2.75, 3.05) is 11.4 Å². The van der Waals surface area contributed by atoms with Gasteiger partial charge in [0.25, 0.3) is 0 Å². The van der Waals surface area contributed by atoms with Gasteiger partial charge in [-0.3, -0.25) is 4.79 Å². The van der Waals surface area contributed by atoms with Gasteiger partial charge in [0.1, 0.15) is 0 Å². The molecule has 0 heterocycles. The van der Waals surface area contributed by atoms with Gasteiger partial charge in [-0.25, -0.2) is 0 Å². The zero-order chi connectivity index (χ0) is 9.68. The van der Waals surface area contributed by atoms with E-state index in [1.165, 1.54) is 0 Å². The van der Waals surface area contributed by atoms with Gasteiger partial charge in [-0.05, 0) is 13.0 Å². The van der Waals surface area contributed by atoms with Gasteiger partial charge >= 0.3 is 0 Å². The molecule has 0 spiro atoms. The van der Waals surface area contributed by atoms with Crippen molar-refractivity contribution in [3.63, 3.8) is 0 Å². The number of nitrogens with zero attached hydrogens (tertiary/aromatic N) is 1. The lowest BCUT2D eigenvalue weighted by Gasteiger charge is -2.19. The molecule has 1 radical (unpaired) electrons. The third-order valence-electron chi connectivity index (χ3n) is 1.90. The van der Waals surface area contributed by atoms with E-state index in [0.29, 0.717) is 13.0 Å². The van der Waals surface area contributed by atoms with Crippen molar-refractivity contribution in [2.24, 2.45) is 0 Å². The highest BCUT2D eigenvalue weighted by Crippen LogP contribution is 2.12. The summed E-state index contributed by atoms with van der Waals surface area (Å²) in [5.41, 5.74) is 0.858. The number of rotatable bonds is 3. The Morgan fingerprint density at radius 1 is 1.46 bits per heavy atom. The molecule has 2 heteroatoms. The minimum absolute atomic E-state index is 0.143. The van der Waals surface area contributed by atoms with E-state index in [0.717, 1.165) is 5.69 Å². The molecule has 0 fully saturated rings. The molecule has 1 aromatic carbocycles. The van der Waals surface area contributed by atoms with E-state index in [-0.39, 0.29) is 5.91 Å². The second kappa shape index (κ2) is 4.65. The fourth-order valence-electron chi connectivity index (χ4n) is 1.22. The Morgan fingerprint density at radius 3 is 2.69 bits per heavy atom. The van der Waals surface area contributed by atoms with E-state index in [4.69, 9.17) is 0 Å². The molecule has 0 saturated heterocycles. The van der Waals surface area contributed by atoms with Crippen molar-refractivity contribution < 1.29 is 4.79 Å². The molecule has 69 valence electrons. The maximum Gasteiger partial charge on any atom is 0.226 e. The Bertz CT molecular complexity index is 269. The fourth-order valence-corrected chi connectivity index (χ4v) is 1.22. The first kappa shape index (κ1) is 9.78. The summed E-state index contributed by atoms with van der Waals surface area (Å²) in [6, 6.07) is 10.6. The second-order valence-electron chi connectivity index (χ2n) is 2.74. The number of carbonyl (C=O) groups is 1. The van der Waals surface area contributed by atoms with Gasteiger partial charge < -0.3 is 4.90 Å². The summed E-state index contributed by atoms with van der Waals surface area (Å²) in [6.45, 7) is 4.54. The molecular weight excluding hydrogens is 162 g/mol. The number of hydrogen-bond acceptors (Lipinski definition) is 1. The summed E-state index contributed by atoms with van der Waals surface area (Å²) in [5.74, 6) is 0.143. The monoisotopic (exact) mass is 176 g/mol. The third-order valence-corrected chi connectivity index (χ3v) is 1.90. The lowest BCUT2D eigenvalue weighted by Crippen LogP contribution is -2.29. The van der Waals surface area contributed by atoms with Crippen LogP contribution in [0.4, 0.5) is 5.69 Å². The molecule has 2 nitrogen and oxygen atoms in total. The highest BCUT2D eigenvalue weighted by atomic mass is 16.2. The van der Waals surface area contributed by atoms with Gasteiger partial charge in [-0.1, -0.05) is 25.1 Å². The van der Waals surface area contributed by atoms with Crippen LogP contribution in [0.2, 0.25) is 0 Å². The Hall–Kier alpha value is -1.31. The van der Waals surface area contributed by atoms with Crippen LogP contribution in [-0.2, 0) is 4.79 Å². The largest absolute Gasteiger partial charge is 0.312 e. The molecule has 1 aromatic rings. The molecule has 0 atom stereocenters. The van der Waals surface area contributed by atoms with E-state index in [1.807, 2.05) is 38.1 Å². The number of para-hydroxylation sites is 1. The summed E-state index contributed by atoms with van der Waals surface area (Å²) in [5, 5.41) is 0. The molecule has 0 saturated carbocycles. The molecule has 13 heavy (non-hydrogen) atoms. The fraction of sp³-hybridized carbons (Fsp3) is 0.364. The quantitative estimate of drug-likeness (QED) is 0.691. The van der Waals surface area contributed by atoms with Crippen LogP contribution < -0.4 is 4.90 Å². The highest BCUT2D eigenvalue weighted by Gasteiger charge is 2.10. The van der Waals surface area contributed by atoms with Gasteiger partial charge in [0.2, 0.25) is 5.91 Å². The smallest absolute Gasteiger partial charge is 0.226 e. The third kappa shape index (κ3) is 2.31. The number of anilines is 1. The number of hydrogen-bond donors (Lipinski definition) is 0. The van der Waals surface area contributed by atoms with Gasteiger partial charge in [0, 0.05) is 19.0 Å². The molecule has 1 rings (SSSR count). The topological polar surface area (TPSA) is 20.3 Å². The second-order valence-corrected chi connectivity index (χ2v) is 2.74. The summed E-state index contributed by atoms with van der Waals surface area (Å²) >= 11 is 0. The van der Waals surface area contributed by atoms with E-state index >= 15 is 0 Å². The predicted molar refractivity (Wildman–Crippen MR) is 53.6 cm³/mol. The van der Waals surface area contributed by atoms with Crippen LogP contribution in [0, 0.1) is 6.07 Å².